The monoisotopic (exact) mass is 311 g/mol. The smallest absolute Gasteiger partial charge is 0.253 e. The molecule has 1 aromatic heterocycles. The quantitative estimate of drug-likeness (QED) is 0.919. The van der Waals surface area contributed by atoms with Crippen LogP contribution in [-0.2, 0) is 13.2 Å². The van der Waals surface area contributed by atoms with Crippen LogP contribution in [0.3, 0.4) is 0 Å². The van der Waals surface area contributed by atoms with E-state index in [0.29, 0.717) is 11.8 Å². The number of aryl methyl sites for hydroxylation is 1. The van der Waals surface area contributed by atoms with Crippen LogP contribution in [0.25, 0.3) is 0 Å². The van der Waals surface area contributed by atoms with Crippen molar-refractivity contribution in [3.63, 3.8) is 0 Å². The predicted octanol–water partition coefficient (Wildman–Crippen LogP) is 2.44. The van der Waals surface area contributed by atoms with Gasteiger partial charge in [-0.2, -0.15) is 0 Å². The van der Waals surface area contributed by atoms with Gasteiger partial charge in [-0.05, 0) is 25.2 Å². The standard InChI is InChI=1S/C12H14BrN3O2/c1-8-15-16-12(18-8)7-17-11-4-3-10(13)5-9(11)6-14-2/h3-5,14H,6-7H2,1-2H3. The second-order valence-corrected chi connectivity index (χ2v) is 4.70. The molecule has 0 spiro atoms. The molecule has 2 rings (SSSR count). The first-order valence-electron chi connectivity index (χ1n) is 5.54. The summed E-state index contributed by atoms with van der Waals surface area (Å²) in [5.74, 6) is 1.83. The van der Waals surface area contributed by atoms with Crippen LogP contribution in [0.1, 0.15) is 17.3 Å². The molecular weight excluding hydrogens is 298 g/mol. The maximum absolute atomic E-state index is 5.69. The minimum Gasteiger partial charge on any atom is -0.483 e. The molecule has 0 unspecified atom stereocenters. The van der Waals surface area contributed by atoms with E-state index < -0.39 is 0 Å². The first kappa shape index (κ1) is 13.0. The van der Waals surface area contributed by atoms with E-state index in [9.17, 15) is 0 Å². The first-order chi connectivity index (χ1) is 8.69. The lowest BCUT2D eigenvalue weighted by atomic mass is 10.2. The number of rotatable bonds is 5. The van der Waals surface area contributed by atoms with Crippen LogP contribution in [-0.4, -0.2) is 17.2 Å². The van der Waals surface area contributed by atoms with Crippen molar-refractivity contribution in [3.05, 3.63) is 40.0 Å². The van der Waals surface area contributed by atoms with Gasteiger partial charge in [-0.15, -0.1) is 10.2 Å². The fraction of sp³-hybridized carbons (Fsp3) is 0.333. The number of aromatic nitrogens is 2. The van der Waals surface area contributed by atoms with E-state index in [0.717, 1.165) is 22.3 Å². The second-order valence-electron chi connectivity index (χ2n) is 3.79. The summed E-state index contributed by atoms with van der Waals surface area (Å²) in [6.45, 7) is 2.76. The lowest BCUT2D eigenvalue weighted by Gasteiger charge is -2.10. The Morgan fingerprint density at radius 1 is 1.39 bits per heavy atom. The average molecular weight is 312 g/mol. The molecule has 0 saturated heterocycles. The molecule has 2 aromatic rings. The number of hydrogen-bond acceptors (Lipinski definition) is 5. The zero-order valence-corrected chi connectivity index (χ0v) is 11.8. The molecule has 1 heterocycles. The fourth-order valence-corrected chi connectivity index (χ4v) is 1.96. The zero-order valence-electron chi connectivity index (χ0n) is 10.2. The molecule has 0 atom stereocenters. The maximum atomic E-state index is 5.69. The Kier molecular flexibility index (Phi) is 4.33. The largest absolute Gasteiger partial charge is 0.483 e. The average Bonchev–Trinajstić information content (AvgIpc) is 2.75. The molecule has 96 valence electrons. The Bertz CT molecular complexity index is 528. The molecule has 0 saturated carbocycles. The number of halogens is 1. The molecule has 1 aromatic carbocycles. The van der Waals surface area contributed by atoms with Crippen molar-refractivity contribution >= 4 is 15.9 Å². The summed E-state index contributed by atoms with van der Waals surface area (Å²) in [5.41, 5.74) is 1.07. The minimum atomic E-state index is 0.277. The van der Waals surface area contributed by atoms with Gasteiger partial charge >= 0.3 is 0 Å². The van der Waals surface area contributed by atoms with Crippen LogP contribution in [0.15, 0.2) is 27.1 Å². The van der Waals surface area contributed by atoms with Crippen molar-refractivity contribution < 1.29 is 9.15 Å². The van der Waals surface area contributed by atoms with Gasteiger partial charge in [0.15, 0.2) is 6.61 Å². The van der Waals surface area contributed by atoms with Gasteiger partial charge in [-0.3, -0.25) is 0 Å². The second kappa shape index (κ2) is 5.97. The van der Waals surface area contributed by atoms with Gasteiger partial charge in [0.1, 0.15) is 5.75 Å². The summed E-state index contributed by atoms with van der Waals surface area (Å²) in [4.78, 5) is 0. The van der Waals surface area contributed by atoms with Gasteiger partial charge in [0.25, 0.3) is 5.89 Å². The highest BCUT2D eigenvalue weighted by molar-refractivity contribution is 9.10. The van der Waals surface area contributed by atoms with Crippen molar-refractivity contribution in [1.29, 1.82) is 0 Å². The Balaban J connectivity index is 2.08. The van der Waals surface area contributed by atoms with Crippen LogP contribution >= 0.6 is 15.9 Å². The molecule has 5 nitrogen and oxygen atoms in total. The number of ether oxygens (including phenoxy) is 1. The summed E-state index contributed by atoms with van der Waals surface area (Å²) in [6.07, 6.45) is 0. The lowest BCUT2D eigenvalue weighted by Crippen LogP contribution is -2.07. The number of nitrogens with one attached hydrogen (secondary N) is 1. The molecule has 0 radical (unpaired) electrons. The van der Waals surface area contributed by atoms with Crippen molar-refractivity contribution in [1.82, 2.24) is 15.5 Å². The van der Waals surface area contributed by atoms with E-state index in [-0.39, 0.29) is 6.61 Å². The Morgan fingerprint density at radius 2 is 2.22 bits per heavy atom. The van der Waals surface area contributed by atoms with E-state index in [4.69, 9.17) is 9.15 Å². The highest BCUT2D eigenvalue weighted by Gasteiger charge is 2.07. The first-order valence-corrected chi connectivity index (χ1v) is 6.33. The molecule has 18 heavy (non-hydrogen) atoms. The van der Waals surface area contributed by atoms with E-state index in [2.05, 4.69) is 31.4 Å². The zero-order chi connectivity index (χ0) is 13.0. The van der Waals surface area contributed by atoms with E-state index >= 15 is 0 Å². The molecule has 6 heteroatoms. The Hall–Kier alpha value is -1.40. The molecule has 0 aliphatic carbocycles. The normalized spacial score (nSPS) is 10.6. The predicted molar refractivity (Wildman–Crippen MR) is 70.3 cm³/mol. The molecule has 0 aliphatic rings. The molecular formula is C12H14BrN3O2. The van der Waals surface area contributed by atoms with Crippen molar-refractivity contribution in [2.24, 2.45) is 0 Å². The van der Waals surface area contributed by atoms with Crippen LogP contribution in [0.5, 0.6) is 5.75 Å². The molecule has 0 fully saturated rings. The van der Waals surface area contributed by atoms with Gasteiger partial charge in [0.2, 0.25) is 5.89 Å². The van der Waals surface area contributed by atoms with Gasteiger partial charge < -0.3 is 14.5 Å². The highest BCUT2D eigenvalue weighted by Crippen LogP contribution is 2.23. The SMILES string of the molecule is CNCc1cc(Br)ccc1OCc1nnc(C)o1. The number of benzene rings is 1. The summed E-state index contributed by atoms with van der Waals surface area (Å²) in [7, 11) is 1.89. The third kappa shape index (κ3) is 3.30. The lowest BCUT2D eigenvalue weighted by molar-refractivity contribution is 0.258. The fourth-order valence-electron chi connectivity index (χ4n) is 1.55. The van der Waals surface area contributed by atoms with Crippen LogP contribution < -0.4 is 10.1 Å². The Labute approximate surface area is 114 Å². The van der Waals surface area contributed by atoms with Gasteiger partial charge in [-0.1, -0.05) is 15.9 Å². The van der Waals surface area contributed by atoms with Crippen molar-refractivity contribution in [3.8, 4) is 5.75 Å². The van der Waals surface area contributed by atoms with Crippen molar-refractivity contribution in [2.45, 2.75) is 20.1 Å². The molecule has 0 aliphatic heterocycles. The van der Waals surface area contributed by atoms with Gasteiger partial charge in [-0.25, -0.2) is 0 Å². The van der Waals surface area contributed by atoms with E-state index in [1.54, 1.807) is 6.92 Å². The van der Waals surface area contributed by atoms with Gasteiger partial charge in [0.05, 0.1) is 0 Å². The summed E-state index contributed by atoms with van der Waals surface area (Å²) in [5, 5.41) is 10.7. The van der Waals surface area contributed by atoms with E-state index in [1.807, 2.05) is 25.2 Å². The topological polar surface area (TPSA) is 60.2 Å². The van der Waals surface area contributed by atoms with Crippen LogP contribution in [0.2, 0.25) is 0 Å². The number of hydrogen-bond donors (Lipinski definition) is 1. The maximum Gasteiger partial charge on any atom is 0.253 e. The summed E-state index contributed by atoms with van der Waals surface area (Å²) in [6, 6.07) is 5.87. The van der Waals surface area contributed by atoms with Gasteiger partial charge in [0, 0.05) is 23.5 Å². The summed E-state index contributed by atoms with van der Waals surface area (Å²) < 4.78 is 12.0. The third-order valence-corrected chi connectivity index (χ3v) is 2.80. The van der Waals surface area contributed by atoms with Crippen LogP contribution in [0, 0.1) is 6.92 Å². The molecule has 0 bridgehead atoms. The van der Waals surface area contributed by atoms with E-state index in [1.165, 1.54) is 0 Å². The highest BCUT2D eigenvalue weighted by atomic mass is 79.9. The molecule has 1 N–H and O–H groups in total. The van der Waals surface area contributed by atoms with Crippen molar-refractivity contribution in [2.75, 3.05) is 7.05 Å². The third-order valence-electron chi connectivity index (χ3n) is 2.31. The minimum absolute atomic E-state index is 0.277. The number of nitrogens with zero attached hydrogens (tertiary/aromatic N) is 2. The van der Waals surface area contributed by atoms with Crippen LogP contribution in [0.4, 0.5) is 0 Å². The summed E-state index contributed by atoms with van der Waals surface area (Å²) >= 11 is 3.44. The Morgan fingerprint density at radius 3 is 2.89 bits per heavy atom. The molecule has 0 amide bonds.